The van der Waals surface area contributed by atoms with Crippen molar-refractivity contribution in [1.82, 2.24) is 9.97 Å². The minimum absolute atomic E-state index is 0.184. The molecular weight excluding hydrogens is 395 g/mol. The van der Waals surface area contributed by atoms with Gasteiger partial charge in [0, 0.05) is 16.8 Å². The molecule has 0 bridgehead atoms. The number of benzene rings is 3. The number of aromatic nitrogens is 2. The molecule has 0 radical (unpaired) electrons. The smallest absolute Gasteiger partial charge is 0.347 e. The van der Waals surface area contributed by atoms with Gasteiger partial charge in [0.2, 0.25) is 0 Å². The zero-order valence-corrected chi connectivity index (χ0v) is 15.8. The molecular formula is C21H16ClFN4O2. The maximum atomic E-state index is 13.3. The number of fused-ring (bicyclic) bond motifs is 1. The highest BCUT2D eigenvalue weighted by molar-refractivity contribution is 6.32. The Hall–Kier alpha value is -3.58. The number of nitrogens with zero attached hydrogens (tertiary/aromatic N) is 1. The van der Waals surface area contributed by atoms with E-state index in [0.29, 0.717) is 44.4 Å². The number of H-pyrrole nitrogens is 1. The summed E-state index contributed by atoms with van der Waals surface area (Å²) >= 11 is 6.32. The molecule has 4 aromatic rings. The fourth-order valence-electron chi connectivity index (χ4n) is 2.89. The first-order valence-electron chi connectivity index (χ1n) is 8.71. The molecule has 8 heteroatoms. The van der Waals surface area contributed by atoms with E-state index in [9.17, 15) is 9.18 Å². The first-order chi connectivity index (χ1) is 14.0. The average molecular weight is 411 g/mol. The molecule has 146 valence electrons. The summed E-state index contributed by atoms with van der Waals surface area (Å²) in [5, 5.41) is 4.12. The minimum Gasteiger partial charge on any atom is -0.487 e. The standard InChI is InChI=1S/C21H16ClFN4O2/c22-17-10-15(5-7-19(17)29-11-12-2-1-3-13(23)8-12)25-20-16-9-14(24)4-6-18(16)26-21(28)27-20/h1-10H,11,24H2,(H2,25,26,27,28). The molecule has 0 aliphatic rings. The molecule has 0 spiro atoms. The molecule has 4 rings (SSSR count). The number of nitrogen functional groups attached to an aromatic ring is 1. The highest BCUT2D eigenvalue weighted by atomic mass is 35.5. The highest BCUT2D eigenvalue weighted by Crippen LogP contribution is 2.31. The first-order valence-corrected chi connectivity index (χ1v) is 9.09. The molecule has 6 nitrogen and oxygen atoms in total. The summed E-state index contributed by atoms with van der Waals surface area (Å²) in [5.41, 5.74) is 7.85. The number of hydrogen-bond acceptors (Lipinski definition) is 5. The van der Waals surface area contributed by atoms with E-state index < -0.39 is 5.69 Å². The third-order valence-corrected chi connectivity index (χ3v) is 4.53. The molecule has 0 saturated heterocycles. The van der Waals surface area contributed by atoms with E-state index in [-0.39, 0.29) is 12.4 Å². The van der Waals surface area contributed by atoms with Crippen LogP contribution in [0, 0.1) is 5.82 Å². The zero-order valence-electron chi connectivity index (χ0n) is 15.1. The number of hydrogen-bond donors (Lipinski definition) is 3. The largest absolute Gasteiger partial charge is 0.487 e. The van der Waals surface area contributed by atoms with Crippen LogP contribution in [0.1, 0.15) is 5.56 Å². The Morgan fingerprint density at radius 1 is 1.14 bits per heavy atom. The molecule has 1 aromatic heterocycles. The van der Waals surface area contributed by atoms with Gasteiger partial charge in [-0.25, -0.2) is 9.18 Å². The maximum Gasteiger partial charge on any atom is 0.347 e. The van der Waals surface area contributed by atoms with Crippen LogP contribution in [0.2, 0.25) is 5.02 Å². The predicted molar refractivity (Wildman–Crippen MR) is 112 cm³/mol. The van der Waals surface area contributed by atoms with E-state index in [1.807, 2.05) is 0 Å². The molecule has 3 aromatic carbocycles. The van der Waals surface area contributed by atoms with Crippen LogP contribution >= 0.6 is 11.6 Å². The topological polar surface area (TPSA) is 93.0 Å². The lowest BCUT2D eigenvalue weighted by Crippen LogP contribution is -2.12. The Balaban J connectivity index is 1.56. The fraction of sp³-hybridized carbons (Fsp3) is 0.0476. The van der Waals surface area contributed by atoms with Crippen molar-refractivity contribution in [3.63, 3.8) is 0 Å². The molecule has 0 atom stereocenters. The van der Waals surface area contributed by atoms with Crippen LogP contribution in [0.5, 0.6) is 5.75 Å². The van der Waals surface area contributed by atoms with Crippen LogP contribution in [0.25, 0.3) is 10.9 Å². The SMILES string of the molecule is Nc1ccc2[nH]c(=O)nc(Nc3ccc(OCc4cccc(F)c4)c(Cl)c3)c2c1. The summed E-state index contributed by atoms with van der Waals surface area (Å²) in [7, 11) is 0. The van der Waals surface area contributed by atoms with Crippen molar-refractivity contribution in [1.29, 1.82) is 0 Å². The van der Waals surface area contributed by atoms with Gasteiger partial charge in [0.1, 0.15) is 24.0 Å². The van der Waals surface area contributed by atoms with Crippen LogP contribution in [-0.2, 0) is 6.61 Å². The lowest BCUT2D eigenvalue weighted by atomic mass is 10.2. The maximum absolute atomic E-state index is 13.3. The lowest BCUT2D eigenvalue weighted by Gasteiger charge is -2.12. The van der Waals surface area contributed by atoms with Gasteiger partial charge < -0.3 is 20.8 Å². The van der Waals surface area contributed by atoms with Gasteiger partial charge in [-0.05, 0) is 54.1 Å². The van der Waals surface area contributed by atoms with E-state index >= 15 is 0 Å². The molecule has 4 N–H and O–H groups in total. The molecule has 0 aliphatic heterocycles. The van der Waals surface area contributed by atoms with Crippen LogP contribution < -0.4 is 21.5 Å². The number of nitrogens with two attached hydrogens (primary N) is 1. The number of halogens is 2. The summed E-state index contributed by atoms with van der Waals surface area (Å²) in [6, 6.07) is 16.4. The van der Waals surface area contributed by atoms with Crippen LogP contribution in [0.15, 0.2) is 65.5 Å². The predicted octanol–water partition coefficient (Wildman–Crippen LogP) is 4.62. The fourth-order valence-corrected chi connectivity index (χ4v) is 3.12. The molecule has 0 unspecified atom stereocenters. The summed E-state index contributed by atoms with van der Waals surface area (Å²) in [6.07, 6.45) is 0. The average Bonchev–Trinajstić information content (AvgIpc) is 2.68. The third-order valence-electron chi connectivity index (χ3n) is 4.23. The van der Waals surface area contributed by atoms with Gasteiger partial charge in [-0.15, -0.1) is 0 Å². The third kappa shape index (κ3) is 4.30. The van der Waals surface area contributed by atoms with E-state index in [2.05, 4.69) is 15.3 Å². The number of aromatic amines is 1. The molecule has 0 fully saturated rings. The van der Waals surface area contributed by atoms with Crippen molar-refractivity contribution in [2.24, 2.45) is 0 Å². The normalized spacial score (nSPS) is 10.8. The Morgan fingerprint density at radius 3 is 2.79 bits per heavy atom. The quantitative estimate of drug-likeness (QED) is 0.417. The van der Waals surface area contributed by atoms with E-state index in [1.54, 1.807) is 48.5 Å². The zero-order chi connectivity index (χ0) is 20.4. The Bertz CT molecular complexity index is 1260. The van der Waals surface area contributed by atoms with Crippen LogP contribution in [0.4, 0.5) is 21.6 Å². The second-order valence-electron chi connectivity index (χ2n) is 6.38. The number of anilines is 3. The molecule has 29 heavy (non-hydrogen) atoms. The summed E-state index contributed by atoms with van der Waals surface area (Å²) in [6.45, 7) is 0.184. The van der Waals surface area contributed by atoms with Crippen molar-refractivity contribution >= 4 is 39.7 Å². The highest BCUT2D eigenvalue weighted by Gasteiger charge is 2.09. The van der Waals surface area contributed by atoms with Gasteiger partial charge in [0.15, 0.2) is 0 Å². The first kappa shape index (κ1) is 18.8. The van der Waals surface area contributed by atoms with Crippen molar-refractivity contribution in [3.05, 3.63) is 87.6 Å². The van der Waals surface area contributed by atoms with E-state index in [1.165, 1.54) is 12.1 Å². The van der Waals surface area contributed by atoms with Crippen molar-refractivity contribution in [2.75, 3.05) is 11.1 Å². The minimum atomic E-state index is -0.481. The Morgan fingerprint density at radius 2 is 2.00 bits per heavy atom. The Kier molecular flexibility index (Phi) is 5.05. The molecule has 0 amide bonds. The molecule has 0 aliphatic carbocycles. The lowest BCUT2D eigenvalue weighted by molar-refractivity contribution is 0.306. The summed E-state index contributed by atoms with van der Waals surface area (Å²) in [4.78, 5) is 18.5. The van der Waals surface area contributed by atoms with Gasteiger partial charge >= 0.3 is 5.69 Å². The van der Waals surface area contributed by atoms with Gasteiger partial charge in [-0.3, -0.25) is 0 Å². The monoisotopic (exact) mass is 410 g/mol. The van der Waals surface area contributed by atoms with Gasteiger partial charge in [0.25, 0.3) is 0 Å². The number of ether oxygens (including phenoxy) is 1. The molecule has 0 saturated carbocycles. The van der Waals surface area contributed by atoms with Crippen molar-refractivity contribution < 1.29 is 9.13 Å². The van der Waals surface area contributed by atoms with Crippen molar-refractivity contribution in [2.45, 2.75) is 6.61 Å². The van der Waals surface area contributed by atoms with E-state index in [4.69, 9.17) is 22.1 Å². The number of rotatable bonds is 5. The van der Waals surface area contributed by atoms with Crippen LogP contribution in [0.3, 0.4) is 0 Å². The second-order valence-corrected chi connectivity index (χ2v) is 6.79. The Labute approximate surface area is 170 Å². The van der Waals surface area contributed by atoms with Gasteiger partial charge in [-0.1, -0.05) is 23.7 Å². The van der Waals surface area contributed by atoms with E-state index in [0.717, 1.165) is 0 Å². The summed E-state index contributed by atoms with van der Waals surface area (Å²) in [5.74, 6) is 0.491. The molecule has 1 heterocycles. The van der Waals surface area contributed by atoms with Gasteiger partial charge in [-0.2, -0.15) is 4.98 Å². The van der Waals surface area contributed by atoms with Crippen LogP contribution in [-0.4, -0.2) is 9.97 Å². The number of nitrogens with one attached hydrogen (secondary N) is 2. The second kappa shape index (κ2) is 7.81. The summed E-state index contributed by atoms with van der Waals surface area (Å²) < 4.78 is 18.9. The van der Waals surface area contributed by atoms with Gasteiger partial charge in [0.05, 0.1) is 10.5 Å². The van der Waals surface area contributed by atoms with Crippen molar-refractivity contribution in [3.8, 4) is 5.75 Å².